The van der Waals surface area contributed by atoms with Crippen LogP contribution in [0.5, 0.6) is 0 Å². The van der Waals surface area contributed by atoms with E-state index in [0.717, 1.165) is 17.9 Å². The van der Waals surface area contributed by atoms with Crippen molar-refractivity contribution in [3.8, 4) is 0 Å². The Hall–Kier alpha value is -1.23. The highest BCUT2D eigenvalue weighted by Gasteiger charge is 2.14. The highest BCUT2D eigenvalue weighted by Crippen LogP contribution is 2.06. The van der Waals surface area contributed by atoms with Crippen LogP contribution in [0.25, 0.3) is 0 Å². The Morgan fingerprint density at radius 3 is 2.89 bits per heavy atom. The van der Waals surface area contributed by atoms with Crippen LogP contribution in [-0.2, 0) is 6.54 Å². The summed E-state index contributed by atoms with van der Waals surface area (Å²) in [5.74, 6) is 1.39. The van der Waals surface area contributed by atoms with Crippen LogP contribution in [-0.4, -0.2) is 41.0 Å². The van der Waals surface area contributed by atoms with Crippen LogP contribution in [0.1, 0.15) is 19.4 Å². The van der Waals surface area contributed by atoms with Gasteiger partial charge in [-0.3, -0.25) is 4.98 Å². The lowest BCUT2D eigenvalue weighted by Gasteiger charge is -2.25. The molecule has 0 aliphatic heterocycles. The molecule has 1 rings (SSSR count). The van der Waals surface area contributed by atoms with E-state index < -0.39 is 0 Å². The van der Waals surface area contributed by atoms with Crippen LogP contribution in [0.3, 0.4) is 0 Å². The highest BCUT2D eigenvalue weighted by atomic mass is 32.2. The summed E-state index contributed by atoms with van der Waals surface area (Å²) >= 11 is 1.73. The largest absolute Gasteiger partial charge is 0.337 e. The molecule has 1 aromatic heterocycles. The van der Waals surface area contributed by atoms with E-state index >= 15 is 0 Å². The van der Waals surface area contributed by atoms with Gasteiger partial charge in [0.25, 0.3) is 0 Å². The minimum absolute atomic E-state index is 0.00611. The Kier molecular flexibility index (Phi) is 7.33. The van der Waals surface area contributed by atoms with Crippen molar-refractivity contribution in [2.24, 2.45) is 5.92 Å². The molecular formula is C14H23N3OS. The molecule has 0 bridgehead atoms. The number of aromatic nitrogens is 1. The maximum Gasteiger partial charge on any atom is 0.317 e. The second kappa shape index (κ2) is 8.80. The van der Waals surface area contributed by atoms with E-state index in [0.29, 0.717) is 19.0 Å². The minimum atomic E-state index is 0.00611. The molecule has 0 spiro atoms. The Morgan fingerprint density at radius 1 is 1.53 bits per heavy atom. The van der Waals surface area contributed by atoms with E-state index in [-0.39, 0.29) is 6.03 Å². The minimum Gasteiger partial charge on any atom is -0.337 e. The first-order chi connectivity index (χ1) is 9.13. The average molecular weight is 281 g/mol. The van der Waals surface area contributed by atoms with Crippen LogP contribution in [0, 0.1) is 5.92 Å². The van der Waals surface area contributed by atoms with Crippen LogP contribution in [0.4, 0.5) is 4.79 Å². The second-order valence-corrected chi connectivity index (χ2v) is 5.85. The molecule has 1 heterocycles. The maximum atomic E-state index is 12.1. The number of carbonyl (C=O) groups is 1. The van der Waals surface area contributed by atoms with Gasteiger partial charge in [0.15, 0.2) is 0 Å². The lowest BCUT2D eigenvalue weighted by atomic mass is 10.2. The van der Waals surface area contributed by atoms with Crippen LogP contribution in [0.2, 0.25) is 0 Å². The van der Waals surface area contributed by atoms with E-state index in [2.05, 4.69) is 24.1 Å². The highest BCUT2D eigenvalue weighted by molar-refractivity contribution is 7.98. The van der Waals surface area contributed by atoms with E-state index in [1.807, 2.05) is 29.5 Å². The van der Waals surface area contributed by atoms with Crippen LogP contribution >= 0.6 is 11.8 Å². The summed E-state index contributed by atoms with van der Waals surface area (Å²) in [5, 5.41) is 2.96. The van der Waals surface area contributed by atoms with Crippen molar-refractivity contribution in [3.63, 3.8) is 0 Å². The first kappa shape index (κ1) is 15.8. The number of thioether (sulfide) groups is 1. The molecule has 2 amide bonds. The van der Waals surface area contributed by atoms with Gasteiger partial charge in [0.2, 0.25) is 0 Å². The molecule has 19 heavy (non-hydrogen) atoms. The van der Waals surface area contributed by atoms with Crippen LogP contribution in [0.15, 0.2) is 24.5 Å². The Labute approximate surface area is 120 Å². The van der Waals surface area contributed by atoms with Gasteiger partial charge in [0, 0.05) is 37.8 Å². The topological polar surface area (TPSA) is 45.2 Å². The first-order valence-electron chi connectivity index (χ1n) is 6.54. The van der Waals surface area contributed by atoms with Crippen molar-refractivity contribution in [1.29, 1.82) is 0 Å². The standard InChI is InChI=1S/C14H23N3OS/c1-12(2)10-17(14(18)16-7-8-19-3)11-13-5-4-6-15-9-13/h4-6,9,12H,7-8,10-11H2,1-3H3,(H,16,18). The normalized spacial score (nSPS) is 10.5. The number of pyridine rings is 1. The summed E-state index contributed by atoms with van der Waals surface area (Å²) in [5.41, 5.74) is 1.06. The zero-order valence-electron chi connectivity index (χ0n) is 11.9. The van der Waals surface area contributed by atoms with Crippen molar-refractivity contribution in [2.75, 3.05) is 25.1 Å². The number of rotatable bonds is 7. The lowest BCUT2D eigenvalue weighted by molar-refractivity contribution is 0.188. The summed E-state index contributed by atoms with van der Waals surface area (Å²) in [6, 6.07) is 3.90. The van der Waals surface area contributed by atoms with E-state index in [9.17, 15) is 4.79 Å². The third-order valence-corrected chi connectivity index (χ3v) is 3.16. The summed E-state index contributed by atoms with van der Waals surface area (Å²) in [6.45, 7) is 6.30. The summed E-state index contributed by atoms with van der Waals surface area (Å²) in [4.78, 5) is 18.1. The predicted octanol–water partition coefficient (Wildman–Crippen LogP) is 2.61. The lowest BCUT2D eigenvalue weighted by Crippen LogP contribution is -2.42. The summed E-state index contributed by atoms with van der Waals surface area (Å²) < 4.78 is 0. The SMILES string of the molecule is CSCCNC(=O)N(Cc1cccnc1)CC(C)C. The van der Waals surface area contributed by atoms with Crippen molar-refractivity contribution in [2.45, 2.75) is 20.4 Å². The third kappa shape index (κ3) is 6.47. The van der Waals surface area contributed by atoms with Crippen molar-refractivity contribution < 1.29 is 4.79 Å². The fourth-order valence-corrected chi connectivity index (χ4v) is 2.05. The van der Waals surface area contributed by atoms with Gasteiger partial charge in [-0.15, -0.1) is 0 Å². The Morgan fingerprint density at radius 2 is 2.32 bits per heavy atom. The zero-order valence-corrected chi connectivity index (χ0v) is 12.7. The number of hydrogen-bond acceptors (Lipinski definition) is 3. The van der Waals surface area contributed by atoms with Gasteiger partial charge >= 0.3 is 6.03 Å². The molecule has 0 aliphatic carbocycles. The molecule has 0 aliphatic rings. The molecular weight excluding hydrogens is 258 g/mol. The van der Waals surface area contributed by atoms with Crippen molar-refractivity contribution in [3.05, 3.63) is 30.1 Å². The van der Waals surface area contributed by atoms with Crippen molar-refractivity contribution >= 4 is 17.8 Å². The first-order valence-corrected chi connectivity index (χ1v) is 7.93. The summed E-state index contributed by atoms with van der Waals surface area (Å²) in [7, 11) is 0. The second-order valence-electron chi connectivity index (χ2n) is 4.86. The molecule has 0 unspecified atom stereocenters. The monoisotopic (exact) mass is 281 g/mol. The van der Waals surface area contributed by atoms with E-state index in [1.165, 1.54) is 0 Å². The number of urea groups is 1. The average Bonchev–Trinajstić information content (AvgIpc) is 2.39. The van der Waals surface area contributed by atoms with Gasteiger partial charge in [0.1, 0.15) is 0 Å². The predicted molar refractivity (Wildman–Crippen MR) is 81.3 cm³/mol. The Bertz CT molecular complexity index is 370. The van der Waals surface area contributed by atoms with Crippen molar-refractivity contribution in [1.82, 2.24) is 15.2 Å². The number of hydrogen-bond donors (Lipinski definition) is 1. The van der Waals surface area contributed by atoms with Gasteiger partial charge in [-0.25, -0.2) is 4.79 Å². The van der Waals surface area contributed by atoms with Gasteiger partial charge in [0.05, 0.1) is 0 Å². The maximum absolute atomic E-state index is 12.1. The quantitative estimate of drug-likeness (QED) is 0.781. The molecule has 0 aromatic carbocycles. The molecule has 0 fully saturated rings. The molecule has 1 aromatic rings. The number of nitrogens with zero attached hydrogens (tertiary/aromatic N) is 2. The molecule has 0 radical (unpaired) electrons. The fourth-order valence-electron chi connectivity index (χ4n) is 1.74. The van der Waals surface area contributed by atoms with Gasteiger partial charge in [-0.05, 0) is 23.8 Å². The molecule has 0 saturated heterocycles. The third-order valence-electron chi connectivity index (χ3n) is 2.55. The van der Waals surface area contributed by atoms with Gasteiger partial charge in [-0.2, -0.15) is 11.8 Å². The smallest absolute Gasteiger partial charge is 0.317 e. The van der Waals surface area contributed by atoms with Gasteiger partial charge < -0.3 is 10.2 Å². The number of carbonyl (C=O) groups excluding carboxylic acids is 1. The van der Waals surface area contributed by atoms with Crippen LogP contribution < -0.4 is 5.32 Å². The zero-order chi connectivity index (χ0) is 14.1. The molecule has 5 heteroatoms. The molecule has 0 saturated carbocycles. The van der Waals surface area contributed by atoms with Gasteiger partial charge in [-0.1, -0.05) is 19.9 Å². The van der Waals surface area contributed by atoms with E-state index in [1.54, 1.807) is 18.0 Å². The van der Waals surface area contributed by atoms with E-state index in [4.69, 9.17) is 0 Å². The molecule has 4 nitrogen and oxygen atoms in total. The molecule has 0 atom stereocenters. The summed E-state index contributed by atoms with van der Waals surface area (Å²) in [6.07, 6.45) is 5.59. The molecule has 106 valence electrons. The fraction of sp³-hybridized carbons (Fsp3) is 0.571. The Balaban J connectivity index is 2.58. The number of nitrogens with one attached hydrogen (secondary N) is 1. The molecule has 1 N–H and O–H groups in total. The number of amides is 2.